The lowest BCUT2D eigenvalue weighted by atomic mass is 9.89. The summed E-state index contributed by atoms with van der Waals surface area (Å²) < 4.78 is 5.53. The predicted octanol–water partition coefficient (Wildman–Crippen LogP) is 5.04. The van der Waals surface area contributed by atoms with Crippen molar-refractivity contribution in [1.82, 2.24) is 20.4 Å². The third-order valence-electron chi connectivity index (χ3n) is 6.03. The van der Waals surface area contributed by atoms with Gasteiger partial charge in [-0.1, -0.05) is 43.0 Å². The van der Waals surface area contributed by atoms with Crippen LogP contribution in [0, 0.1) is 0 Å². The van der Waals surface area contributed by atoms with E-state index in [2.05, 4.69) is 27.6 Å². The Labute approximate surface area is 202 Å². The SMILES string of the molecule is CC(=O)NC1(c2noc(CCC(=O)N(Cc3cccs3)Cc3cccs3)n2)CCCCCC1. The Morgan fingerprint density at radius 3 is 2.24 bits per heavy atom. The minimum atomic E-state index is -0.571. The molecule has 1 N–H and O–H groups in total. The van der Waals surface area contributed by atoms with Crippen LogP contribution in [0.4, 0.5) is 0 Å². The minimum Gasteiger partial charge on any atom is -0.343 e. The number of hydrogen-bond acceptors (Lipinski definition) is 7. The first-order valence-corrected chi connectivity index (χ1v) is 13.2. The third kappa shape index (κ3) is 6.29. The van der Waals surface area contributed by atoms with Crippen LogP contribution in [0.5, 0.6) is 0 Å². The number of aryl methyl sites for hydroxylation is 1. The fraction of sp³-hybridized carbons (Fsp3) is 0.500. The molecular weight excluding hydrogens is 456 g/mol. The average molecular weight is 487 g/mol. The van der Waals surface area contributed by atoms with Crippen molar-refractivity contribution in [2.45, 2.75) is 76.9 Å². The summed E-state index contributed by atoms with van der Waals surface area (Å²) in [7, 11) is 0. The molecular formula is C24H30N4O3S2. The molecule has 176 valence electrons. The zero-order valence-electron chi connectivity index (χ0n) is 18.9. The van der Waals surface area contributed by atoms with Crippen molar-refractivity contribution >= 4 is 34.5 Å². The first-order valence-electron chi connectivity index (χ1n) is 11.5. The highest BCUT2D eigenvalue weighted by atomic mass is 32.1. The van der Waals surface area contributed by atoms with Crippen LogP contribution in [0.1, 0.15) is 73.3 Å². The van der Waals surface area contributed by atoms with Gasteiger partial charge >= 0.3 is 0 Å². The van der Waals surface area contributed by atoms with Crippen LogP contribution in [0.15, 0.2) is 39.5 Å². The van der Waals surface area contributed by atoms with E-state index in [1.165, 1.54) is 6.92 Å². The first kappa shape index (κ1) is 23.6. The maximum absolute atomic E-state index is 13.1. The lowest BCUT2D eigenvalue weighted by Gasteiger charge is -2.30. The Morgan fingerprint density at radius 2 is 1.70 bits per heavy atom. The number of nitrogens with zero attached hydrogens (tertiary/aromatic N) is 3. The van der Waals surface area contributed by atoms with E-state index in [9.17, 15) is 9.59 Å². The summed E-state index contributed by atoms with van der Waals surface area (Å²) in [5, 5.41) is 11.4. The molecule has 0 aliphatic heterocycles. The van der Waals surface area contributed by atoms with Gasteiger partial charge in [0.25, 0.3) is 0 Å². The van der Waals surface area contributed by atoms with Crippen molar-refractivity contribution in [3.63, 3.8) is 0 Å². The van der Waals surface area contributed by atoms with E-state index in [0.717, 1.165) is 48.3 Å². The van der Waals surface area contributed by atoms with Gasteiger partial charge in [0.1, 0.15) is 5.54 Å². The number of hydrogen-bond donors (Lipinski definition) is 1. The highest BCUT2D eigenvalue weighted by Crippen LogP contribution is 2.34. The van der Waals surface area contributed by atoms with Crippen LogP contribution in [0.2, 0.25) is 0 Å². The molecule has 0 bridgehead atoms. The normalized spacial score (nSPS) is 15.7. The van der Waals surface area contributed by atoms with Crippen molar-refractivity contribution in [2.24, 2.45) is 0 Å². The molecule has 33 heavy (non-hydrogen) atoms. The van der Waals surface area contributed by atoms with Gasteiger partial charge in [0, 0.05) is 29.5 Å². The smallest absolute Gasteiger partial charge is 0.227 e. The van der Waals surface area contributed by atoms with Gasteiger partial charge < -0.3 is 14.7 Å². The number of carbonyl (C=O) groups is 2. The van der Waals surface area contributed by atoms with Gasteiger partial charge in [0.05, 0.1) is 13.1 Å². The summed E-state index contributed by atoms with van der Waals surface area (Å²) in [6.07, 6.45) is 6.61. The molecule has 2 amide bonds. The van der Waals surface area contributed by atoms with Gasteiger partial charge in [0.2, 0.25) is 17.7 Å². The standard InChI is InChI=1S/C24H30N4O3S2/c1-18(29)26-24(12-4-2-3-5-13-24)23-25-21(31-27-23)10-11-22(30)28(16-19-8-6-14-32-19)17-20-9-7-15-33-20/h6-9,14-15H,2-5,10-13,16-17H2,1H3,(H,26,29). The Bertz CT molecular complexity index is 986. The molecule has 1 saturated carbocycles. The van der Waals surface area contributed by atoms with Crippen LogP contribution in [0.3, 0.4) is 0 Å². The lowest BCUT2D eigenvalue weighted by Crippen LogP contribution is -2.45. The number of aromatic nitrogens is 2. The molecule has 0 atom stereocenters. The van der Waals surface area contributed by atoms with E-state index in [1.807, 2.05) is 27.8 Å². The quantitative estimate of drug-likeness (QED) is 0.428. The van der Waals surface area contributed by atoms with Gasteiger partial charge in [-0.3, -0.25) is 9.59 Å². The van der Waals surface area contributed by atoms with Crippen molar-refractivity contribution < 1.29 is 14.1 Å². The van der Waals surface area contributed by atoms with Crippen molar-refractivity contribution in [2.75, 3.05) is 0 Å². The molecule has 3 heterocycles. The van der Waals surface area contributed by atoms with Crippen molar-refractivity contribution in [1.29, 1.82) is 0 Å². The molecule has 7 nitrogen and oxygen atoms in total. The second kappa shape index (κ2) is 11.1. The molecule has 1 aliphatic rings. The third-order valence-corrected chi connectivity index (χ3v) is 7.75. The van der Waals surface area contributed by atoms with Crippen LogP contribution < -0.4 is 5.32 Å². The lowest BCUT2D eigenvalue weighted by molar-refractivity contribution is -0.132. The fourth-order valence-corrected chi connectivity index (χ4v) is 5.85. The topological polar surface area (TPSA) is 88.3 Å². The van der Waals surface area contributed by atoms with Gasteiger partial charge in [0.15, 0.2) is 5.82 Å². The predicted molar refractivity (Wildman–Crippen MR) is 129 cm³/mol. The summed E-state index contributed by atoms with van der Waals surface area (Å²) in [5.41, 5.74) is -0.571. The Hall–Kier alpha value is -2.52. The van der Waals surface area contributed by atoms with Crippen molar-refractivity contribution in [3.8, 4) is 0 Å². The second-order valence-corrected chi connectivity index (χ2v) is 10.7. The van der Waals surface area contributed by atoms with Gasteiger partial charge in [-0.05, 0) is 35.7 Å². The Morgan fingerprint density at radius 1 is 1.06 bits per heavy atom. The molecule has 0 saturated heterocycles. The number of nitrogens with one attached hydrogen (secondary N) is 1. The van der Waals surface area contributed by atoms with Crippen LogP contribution in [-0.2, 0) is 34.6 Å². The number of rotatable bonds is 9. The van der Waals surface area contributed by atoms with Gasteiger partial charge in [-0.2, -0.15) is 4.98 Å². The van der Waals surface area contributed by atoms with Crippen molar-refractivity contribution in [3.05, 3.63) is 56.5 Å². The Kier molecular flexibility index (Phi) is 7.93. The van der Waals surface area contributed by atoms with Crippen LogP contribution in [-0.4, -0.2) is 26.9 Å². The van der Waals surface area contributed by atoms with E-state index in [0.29, 0.717) is 37.6 Å². The van der Waals surface area contributed by atoms with E-state index in [1.54, 1.807) is 22.7 Å². The molecule has 3 aromatic heterocycles. The summed E-state index contributed by atoms with van der Waals surface area (Å²) in [6, 6.07) is 8.12. The Balaban J connectivity index is 1.43. The van der Waals surface area contributed by atoms with E-state index in [-0.39, 0.29) is 11.8 Å². The molecule has 0 radical (unpaired) electrons. The highest BCUT2D eigenvalue weighted by molar-refractivity contribution is 7.10. The van der Waals surface area contributed by atoms with Gasteiger partial charge in [-0.15, -0.1) is 22.7 Å². The maximum Gasteiger partial charge on any atom is 0.227 e. The molecule has 0 unspecified atom stereocenters. The molecule has 1 aliphatic carbocycles. The second-order valence-electron chi connectivity index (χ2n) is 8.60. The molecule has 1 fully saturated rings. The zero-order chi connectivity index (χ0) is 23.1. The maximum atomic E-state index is 13.1. The van der Waals surface area contributed by atoms with E-state index in [4.69, 9.17) is 4.52 Å². The summed E-state index contributed by atoms with van der Waals surface area (Å²) >= 11 is 3.31. The molecule has 3 aromatic rings. The minimum absolute atomic E-state index is 0.0580. The molecule has 0 spiro atoms. The van der Waals surface area contributed by atoms with Gasteiger partial charge in [-0.25, -0.2) is 0 Å². The summed E-state index contributed by atoms with van der Waals surface area (Å²) in [5.74, 6) is 0.953. The fourth-order valence-electron chi connectivity index (χ4n) is 4.41. The number of carbonyl (C=O) groups excluding carboxylic acids is 2. The zero-order valence-corrected chi connectivity index (χ0v) is 20.6. The van der Waals surface area contributed by atoms with E-state index >= 15 is 0 Å². The largest absolute Gasteiger partial charge is 0.343 e. The summed E-state index contributed by atoms with van der Waals surface area (Å²) in [4.78, 5) is 33.9. The first-order chi connectivity index (χ1) is 16.0. The molecule has 0 aromatic carbocycles. The monoisotopic (exact) mass is 486 g/mol. The highest BCUT2D eigenvalue weighted by Gasteiger charge is 2.38. The number of amides is 2. The summed E-state index contributed by atoms with van der Waals surface area (Å²) in [6.45, 7) is 2.71. The van der Waals surface area contributed by atoms with E-state index < -0.39 is 5.54 Å². The molecule has 9 heteroatoms. The van der Waals surface area contributed by atoms with Crippen LogP contribution >= 0.6 is 22.7 Å². The average Bonchev–Trinajstić information content (AvgIpc) is 3.55. The van der Waals surface area contributed by atoms with Crippen LogP contribution in [0.25, 0.3) is 0 Å². The number of thiophene rings is 2. The molecule has 4 rings (SSSR count).